The zero-order valence-electron chi connectivity index (χ0n) is 11.7. The molecule has 0 radical (unpaired) electrons. The molecule has 2 N–H and O–H groups in total. The lowest BCUT2D eigenvalue weighted by atomic mass is 10.1. The van der Waals surface area contributed by atoms with Crippen LogP contribution >= 0.6 is 15.9 Å². The van der Waals surface area contributed by atoms with Crippen molar-refractivity contribution >= 4 is 21.8 Å². The van der Waals surface area contributed by atoms with Crippen LogP contribution in [0.1, 0.15) is 48.9 Å². The topological polar surface area (TPSA) is 54.0 Å². The molecule has 1 amide bonds. The number of aromatic nitrogens is 1. The average molecular weight is 340 g/mol. The molecular formula is C15H22BrN3O. The van der Waals surface area contributed by atoms with Gasteiger partial charge in [-0.3, -0.25) is 9.78 Å². The molecule has 0 saturated heterocycles. The molecule has 1 aliphatic rings. The van der Waals surface area contributed by atoms with Gasteiger partial charge in [0, 0.05) is 36.0 Å². The van der Waals surface area contributed by atoms with Crippen molar-refractivity contribution < 1.29 is 4.79 Å². The minimum absolute atomic E-state index is 0.0681. The number of rotatable bonds is 5. The van der Waals surface area contributed by atoms with E-state index in [1.807, 2.05) is 0 Å². The molecule has 0 unspecified atom stereocenters. The maximum atomic E-state index is 11.9. The van der Waals surface area contributed by atoms with Crippen LogP contribution in [-0.4, -0.2) is 30.0 Å². The van der Waals surface area contributed by atoms with Gasteiger partial charge in [-0.2, -0.15) is 0 Å². The van der Waals surface area contributed by atoms with E-state index in [0.717, 1.165) is 11.0 Å². The third-order valence-electron chi connectivity index (χ3n) is 3.67. The highest BCUT2D eigenvalue weighted by Crippen LogP contribution is 2.16. The Hall–Kier alpha value is -0.940. The fourth-order valence-electron chi connectivity index (χ4n) is 2.57. The Bertz CT molecular complexity index is 431. The van der Waals surface area contributed by atoms with Gasteiger partial charge in [-0.15, -0.1) is 0 Å². The molecule has 1 aromatic heterocycles. The number of amides is 1. The quantitative estimate of drug-likeness (QED) is 0.640. The summed E-state index contributed by atoms with van der Waals surface area (Å²) < 4.78 is 0.821. The summed E-state index contributed by atoms with van der Waals surface area (Å²) in [5, 5.41) is 6.46. The second kappa shape index (κ2) is 8.37. The Balaban J connectivity index is 1.66. The molecular weight excluding hydrogens is 318 g/mol. The first-order valence-corrected chi connectivity index (χ1v) is 8.17. The van der Waals surface area contributed by atoms with E-state index in [4.69, 9.17) is 0 Å². The Labute approximate surface area is 128 Å². The van der Waals surface area contributed by atoms with Gasteiger partial charge in [0.05, 0.1) is 5.56 Å². The number of nitrogens with one attached hydrogen (secondary N) is 2. The summed E-state index contributed by atoms with van der Waals surface area (Å²) in [6.45, 7) is 1.49. The van der Waals surface area contributed by atoms with Gasteiger partial charge in [-0.05, 0) is 34.8 Å². The Morgan fingerprint density at radius 1 is 1.20 bits per heavy atom. The normalized spacial score (nSPS) is 16.6. The number of carbonyl (C=O) groups is 1. The molecule has 0 spiro atoms. The second-order valence-electron chi connectivity index (χ2n) is 5.29. The number of nitrogens with zero attached hydrogens (tertiary/aromatic N) is 1. The predicted octanol–water partition coefficient (Wildman–Crippen LogP) is 2.89. The number of pyridine rings is 1. The smallest absolute Gasteiger partial charge is 0.252 e. The van der Waals surface area contributed by atoms with Crippen molar-refractivity contribution in [3.63, 3.8) is 0 Å². The molecule has 2 rings (SSSR count). The SMILES string of the molecule is O=C(NCCNC1CCCCCC1)c1cncc(Br)c1. The van der Waals surface area contributed by atoms with Gasteiger partial charge in [0.25, 0.3) is 5.91 Å². The Kier molecular flexibility index (Phi) is 6.47. The van der Waals surface area contributed by atoms with Gasteiger partial charge in [0.2, 0.25) is 0 Å². The van der Waals surface area contributed by atoms with Gasteiger partial charge in [-0.25, -0.2) is 0 Å². The molecule has 0 aliphatic heterocycles. The van der Waals surface area contributed by atoms with Gasteiger partial charge in [-0.1, -0.05) is 25.7 Å². The summed E-state index contributed by atoms with van der Waals surface area (Å²) in [5.74, 6) is -0.0681. The molecule has 1 aromatic rings. The van der Waals surface area contributed by atoms with Gasteiger partial charge >= 0.3 is 0 Å². The number of hydrogen-bond acceptors (Lipinski definition) is 3. The first-order chi connectivity index (χ1) is 9.75. The molecule has 0 aromatic carbocycles. The molecule has 0 atom stereocenters. The van der Waals surface area contributed by atoms with Crippen molar-refractivity contribution in [1.82, 2.24) is 15.6 Å². The Morgan fingerprint density at radius 3 is 2.65 bits per heavy atom. The van der Waals surface area contributed by atoms with E-state index < -0.39 is 0 Å². The fourth-order valence-corrected chi connectivity index (χ4v) is 2.94. The molecule has 1 heterocycles. The van der Waals surface area contributed by atoms with Crippen LogP contribution in [0.5, 0.6) is 0 Å². The van der Waals surface area contributed by atoms with Gasteiger partial charge in [0.1, 0.15) is 0 Å². The molecule has 5 heteroatoms. The molecule has 20 heavy (non-hydrogen) atoms. The summed E-state index contributed by atoms with van der Waals surface area (Å²) >= 11 is 3.32. The van der Waals surface area contributed by atoms with Gasteiger partial charge in [0.15, 0.2) is 0 Å². The minimum atomic E-state index is -0.0681. The Morgan fingerprint density at radius 2 is 1.95 bits per heavy atom. The van der Waals surface area contributed by atoms with E-state index in [9.17, 15) is 4.79 Å². The molecule has 4 nitrogen and oxygen atoms in total. The lowest BCUT2D eigenvalue weighted by Gasteiger charge is -2.16. The third kappa shape index (κ3) is 5.21. The monoisotopic (exact) mass is 339 g/mol. The van der Waals surface area contributed by atoms with Crippen LogP contribution in [0.2, 0.25) is 0 Å². The van der Waals surface area contributed by atoms with Crippen molar-refractivity contribution in [2.75, 3.05) is 13.1 Å². The van der Waals surface area contributed by atoms with E-state index in [0.29, 0.717) is 18.2 Å². The van der Waals surface area contributed by atoms with Crippen LogP contribution < -0.4 is 10.6 Å². The van der Waals surface area contributed by atoms with E-state index in [-0.39, 0.29) is 5.91 Å². The largest absolute Gasteiger partial charge is 0.351 e. The van der Waals surface area contributed by atoms with E-state index in [1.165, 1.54) is 38.5 Å². The summed E-state index contributed by atoms with van der Waals surface area (Å²) in [4.78, 5) is 15.9. The van der Waals surface area contributed by atoms with Crippen molar-refractivity contribution in [3.8, 4) is 0 Å². The average Bonchev–Trinajstić information content (AvgIpc) is 2.72. The highest BCUT2D eigenvalue weighted by Gasteiger charge is 2.11. The number of halogens is 1. The zero-order chi connectivity index (χ0) is 14.2. The standard InChI is InChI=1S/C15H22BrN3O/c16-13-9-12(10-17-11-13)15(20)19-8-7-18-14-5-3-1-2-4-6-14/h9-11,14,18H,1-8H2,(H,19,20). The molecule has 0 bridgehead atoms. The van der Waals surface area contributed by atoms with Crippen molar-refractivity contribution in [3.05, 3.63) is 28.5 Å². The third-order valence-corrected chi connectivity index (χ3v) is 4.10. The summed E-state index contributed by atoms with van der Waals surface area (Å²) in [6.07, 6.45) is 11.2. The second-order valence-corrected chi connectivity index (χ2v) is 6.21. The zero-order valence-corrected chi connectivity index (χ0v) is 13.3. The first kappa shape index (κ1) is 15.4. The maximum Gasteiger partial charge on any atom is 0.252 e. The lowest BCUT2D eigenvalue weighted by molar-refractivity contribution is 0.0953. The van der Waals surface area contributed by atoms with Crippen LogP contribution in [0.15, 0.2) is 22.9 Å². The number of hydrogen-bond donors (Lipinski definition) is 2. The van der Waals surface area contributed by atoms with Crippen LogP contribution in [-0.2, 0) is 0 Å². The lowest BCUT2D eigenvalue weighted by Crippen LogP contribution is -2.36. The minimum Gasteiger partial charge on any atom is -0.351 e. The van der Waals surface area contributed by atoms with Crippen LogP contribution in [0.25, 0.3) is 0 Å². The van der Waals surface area contributed by atoms with Crippen LogP contribution in [0, 0.1) is 0 Å². The van der Waals surface area contributed by atoms with Crippen molar-refractivity contribution in [2.45, 2.75) is 44.6 Å². The highest BCUT2D eigenvalue weighted by molar-refractivity contribution is 9.10. The van der Waals surface area contributed by atoms with E-state index in [2.05, 4.69) is 31.5 Å². The summed E-state index contributed by atoms with van der Waals surface area (Å²) in [6, 6.07) is 2.41. The van der Waals surface area contributed by atoms with Crippen LogP contribution in [0.3, 0.4) is 0 Å². The van der Waals surface area contributed by atoms with E-state index in [1.54, 1.807) is 18.5 Å². The molecule has 1 saturated carbocycles. The predicted molar refractivity (Wildman–Crippen MR) is 83.8 cm³/mol. The van der Waals surface area contributed by atoms with Crippen molar-refractivity contribution in [2.24, 2.45) is 0 Å². The van der Waals surface area contributed by atoms with Crippen molar-refractivity contribution in [1.29, 1.82) is 0 Å². The maximum absolute atomic E-state index is 11.9. The highest BCUT2D eigenvalue weighted by atomic mass is 79.9. The first-order valence-electron chi connectivity index (χ1n) is 7.38. The van der Waals surface area contributed by atoms with E-state index >= 15 is 0 Å². The van der Waals surface area contributed by atoms with Gasteiger partial charge < -0.3 is 10.6 Å². The fraction of sp³-hybridized carbons (Fsp3) is 0.600. The summed E-state index contributed by atoms with van der Waals surface area (Å²) in [7, 11) is 0. The number of carbonyl (C=O) groups excluding carboxylic acids is 1. The molecule has 1 aliphatic carbocycles. The molecule has 110 valence electrons. The summed E-state index contributed by atoms with van der Waals surface area (Å²) in [5.41, 5.74) is 0.592. The van der Waals surface area contributed by atoms with Crippen LogP contribution in [0.4, 0.5) is 0 Å². The molecule has 1 fully saturated rings.